The molecule has 0 aliphatic carbocycles. The Balaban J connectivity index is 1.54. The van der Waals surface area contributed by atoms with E-state index in [-0.39, 0.29) is 0 Å². The molecule has 0 unspecified atom stereocenters. The van der Waals surface area contributed by atoms with E-state index in [0.717, 1.165) is 66.9 Å². The zero-order chi connectivity index (χ0) is 27.6. The van der Waals surface area contributed by atoms with Gasteiger partial charge in [-0.1, -0.05) is 121 Å². The van der Waals surface area contributed by atoms with E-state index in [1.54, 1.807) is 6.20 Å². The average Bonchev–Trinajstić information content (AvgIpc) is 3.05. The zero-order valence-corrected chi connectivity index (χ0v) is 22.7. The van der Waals surface area contributed by atoms with E-state index in [1.165, 1.54) is 5.56 Å². The lowest BCUT2D eigenvalue weighted by Crippen LogP contribution is -2.00. The van der Waals surface area contributed by atoms with Crippen LogP contribution in [0.5, 0.6) is 0 Å². The molecular formula is C38H27N3. The summed E-state index contributed by atoms with van der Waals surface area (Å²) in [7, 11) is 0. The van der Waals surface area contributed by atoms with Gasteiger partial charge in [0.15, 0.2) is 0 Å². The van der Waals surface area contributed by atoms with Crippen LogP contribution in [0.15, 0.2) is 146 Å². The molecule has 41 heavy (non-hydrogen) atoms. The van der Waals surface area contributed by atoms with Crippen LogP contribution < -0.4 is 0 Å². The van der Waals surface area contributed by atoms with Crippen molar-refractivity contribution in [1.82, 2.24) is 15.0 Å². The smallest absolute Gasteiger partial charge is 0.0982 e. The predicted molar refractivity (Wildman–Crippen MR) is 169 cm³/mol. The first kappa shape index (κ1) is 24.6. The highest BCUT2D eigenvalue weighted by molar-refractivity contribution is 6.04. The maximum Gasteiger partial charge on any atom is 0.0982 e. The molecule has 0 aliphatic rings. The van der Waals surface area contributed by atoms with Crippen LogP contribution in [0, 0.1) is 6.92 Å². The lowest BCUT2D eigenvalue weighted by atomic mass is 9.92. The minimum absolute atomic E-state index is 0.862. The highest BCUT2D eigenvalue weighted by Crippen LogP contribution is 2.40. The van der Waals surface area contributed by atoms with E-state index in [1.807, 2.05) is 30.5 Å². The second kappa shape index (κ2) is 10.6. The molecule has 0 saturated heterocycles. The van der Waals surface area contributed by atoms with Gasteiger partial charge in [-0.25, -0.2) is 9.97 Å². The van der Waals surface area contributed by atoms with Crippen molar-refractivity contribution < 1.29 is 0 Å². The molecule has 194 valence electrons. The molecule has 0 N–H and O–H groups in total. The number of benzene rings is 5. The van der Waals surface area contributed by atoms with Gasteiger partial charge in [-0.2, -0.15) is 0 Å². The van der Waals surface area contributed by atoms with Crippen molar-refractivity contribution in [2.75, 3.05) is 0 Å². The van der Waals surface area contributed by atoms with Gasteiger partial charge in [0.05, 0.1) is 22.4 Å². The Morgan fingerprint density at radius 1 is 0.439 bits per heavy atom. The molecule has 2 heterocycles. The Kier molecular flexibility index (Phi) is 6.38. The minimum Gasteiger partial charge on any atom is -0.264 e. The second-order valence-electron chi connectivity index (χ2n) is 10.2. The van der Waals surface area contributed by atoms with E-state index in [0.29, 0.717) is 0 Å². The third kappa shape index (κ3) is 4.68. The predicted octanol–water partition coefficient (Wildman–Crippen LogP) is 9.67. The Bertz CT molecular complexity index is 1950. The normalized spacial score (nSPS) is 11.0. The average molecular weight is 526 g/mol. The summed E-state index contributed by atoms with van der Waals surface area (Å²) in [4.78, 5) is 15.2. The number of fused-ring (bicyclic) bond motifs is 1. The van der Waals surface area contributed by atoms with Crippen molar-refractivity contribution in [3.8, 4) is 55.9 Å². The SMILES string of the molecule is Cc1cc(-c2ccccc2)c2nc(-c3ccc(-c4cccnc4)cc3)c(-c3ccccc3)nc2c1-c1ccccc1. The van der Waals surface area contributed by atoms with Crippen LogP contribution >= 0.6 is 0 Å². The van der Waals surface area contributed by atoms with Crippen molar-refractivity contribution in [3.05, 3.63) is 151 Å². The molecule has 0 spiro atoms. The molecule has 0 bridgehead atoms. The Morgan fingerprint density at radius 2 is 0.951 bits per heavy atom. The molecule has 3 heteroatoms. The van der Waals surface area contributed by atoms with Crippen LogP contribution in [0.1, 0.15) is 5.56 Å². The number of aryl methyl sites for hydroxylation is 1. The highest BCUT2D eigenvalue weighted by atomic mass is 14.8. The van der Waals surface area contributed by atoms with Crippen LogP contribution in [-0.4, -0.2) is 15.0 Å². The summed E-state index contributed by atoms with van der Waals surface area (Å²) < 4.78 is 0. The van der Waals surface area contributed by atoms with Crippen molar-refractivity contribution in [1.29, 1.82) is 0 Å². The third-order valence-electron chi connectivity index (χ3n) is 7.49. The number of nitrogens with zero attached hydrogens (tertiary/aromatic N) is 3. The summed E-state index contributed by atoms with van der Waals surface area (Å²) in [6.07, 6.45) is 3.68. The van der Waals surface area contributed by atoms with Crippen LogP contribution in [0.4, 0.5) is 0 Å². The minimum atomic E-state index is 0.862. The lowest BCUT2D eigenvalue weighted by Gasteiger charge is -2.18. The zero-order valence-electron chi connectivity index (χ0n) is 22.7. The van der Waals surface area contributed by atoms with Gasteiger partial charge in [-0.3, -0.25) is 4.98 Å². The van der Waals surface area contributed by atoms with Gasteiger partial charge in [-0.05, 0) is 46.9 Å². The first-order valence-electron chi connectivity index (χ1n) is 13.8. The fourth-order valence-electron chi connectivity index (χ4n) is 5.50. The van der Waals surface area contributed by atoms with E-state index >= 15 is 0 Å². The van der Waals surface area contributed by atoms with E-state index < -0.39 is 0 Å². The number of hydrogen-bond acceptors (Lipinski definition) is 3. The summed E-state index contributed by atoms with van der Waals surface area (Å²) in [5.74, 6) is 0. The van der Waals surface area contributed by atoms with Crippen molar-refractivity contribution in [2.24, 2.45) is 0 Å². The van der Waals surface area contributed by atoms with Crippen LogP contribution in [0.25, 0.3) is 66.9 Å². The third-order valence-corrected chi connectivity index (χ3v) is 7.49. The Labute approximate surface area is 239 Å². The largest absolute Gasteiger partial charge is 0.264 e. The Morgan fingerprint density at radius 3 is 1.56 bits per heavy atom. The van der Waals surface area contributed by atoms with Crippen LogP contribution in [-0.2, 0) is 0 Å². The van der Waals surface area contributed by atoms with Crippen LogP contribution in [0.3, 0.4) is 0 Å². The molecule has 0 atom stereocenters. The van der Waals surface area contributed by atoms with Gasteiger partial charge >= 0.3 is 0 Å². The van der Waals surface area contributed by atoms with Crippen molar-refractivity contribution >= 4 is 11.0 Å². The quantitative estimate of drug-likeness (QED) is 0.224. The molecular weight excluding hydrogens is 498 g/mol. The van der Waals surface area contributed by atoms with Gasteiger partial charge < -0.3 is 0 Å². The maximum atomic E-state index is 5.45. The number of pyridine rings is 1. The number of rotatable bonds is 5. The molecule has 7 rings (SSSR count). The van der Waals surface area contributed by atoms with Gasteiger partial charge in [0.2, 0.25) is 0 Å². The van der Waals surface area contributed by atoms with Gasteiger partial charge in [0.25, 0.3) is 0 Å². The molecule has 7 aromatic rings. The topological polar surface area (TPSA) is 38.7 Å². The summed E-state index contributed by atoms with van der Waals surface area (Å²) in [6, 6.07) is 46.2. The standard InChI is InChI=1S/C38H27N3/c1-26-24-33(28-12-5-2-6-13-28)37-38(34(26)29-14-7-3-8-15-29)41-35(30-16-9-4-10-17-30)36(40-37)31-21-19-27(20-22-31)32-18-11-23-39-25-32/h2-25H,1H3. The molecule has 0 amide bonds. The van der Waals surface area contributed by atoms with Crippen LogP contribution in [0.2, 0.25) is 0 Å². The molecule has 5 aromatic carbocycles. The van der Waals surface area contributed by atoms with Gasteiger partial charge in [-0.15, -0.1) is 0 Å². The molecule has 0 fully saturated rings. The van der Waals surface area contributed by atoms with Gasteiger partial charge in [0.1, 0.15) is 0 Å². The molecule has 2 aromatic heterocycles. The van der Waals surface area contributed by atoms with E-state index in [4.69, 9.17) is 9.97 Å². The maximum absolute atomic E-state index is 5.45. The van der Waals surface area contributed by atoms with E-state index in [2.05, 4.69) is 121 Å². The lowest BCUT2D eigenvalue weighted by molar-refractivity contribution is 1.28. The molecule has 3 nitrogen and oxygen atoms in total. The first-order valence-corrected chi connectivity index (χ1v) is 13.8. The summed E-state index contributed by atoms with van der Waals surface area (Å²) >= 11 is 0. The monoisotopic (exact) mass is 525 g/mol. The Hall–Kier alpha value is -5.41. The van der Waals surface area contributed by atoms with E-state index in [9.17, 15) is 0 Å². The van der Waals surface area contributed by atoms with Crippen molar-refractivity contribution in [3.63, 3.8) is 0 Å². The first-order chi connectivity index (χ1) is 20.3. The summed E-state index contributed by atoms with van der Waals surface area (Å²) in [5.41, 5.74) is 13.4. The van der Waals surface area contributed by atoms with Gasteiger partial charge in [0, 0.05) is 34.6 Å². The van der Waals surface area contributed by atoms with Crippen molar-refractivity contribution in [2.45, 2.75) is 6.92 Å². The molecule has 0 radical (unpaired) electrons. The molecule has 0 aliphatic heterocycles. The fourth-order valence-corrected chi connectivity index (χ4v) is 5.50. The summed E-state index contributed by atoms with van der Waals surface area (Å²) in [5, 5.41) is 0. The summed E-state index contributed by atoms with van der Waals surface area (Å²) in [6.45, 7) is 2.17. The number of aromatic nitrogens is 3. The highest BCUT2D eigenvalue weighted by Gasteiger charge is 2.20. The number of hydrogen-bond donors (Lipinski definition) is 0. The fraction of sp³-hybridized carbons (Fsp3) is 0.0263. The molecule has 0 saturated carbocycles. The second-order valence-corrected chi connectivity index (χ2v) is 10.2.